The lowest BCUT2D eigenvalue weighted by Crippen LogP contribution is -2.36. The minimum atomic E-state index is -5.18. The van der Waals surface area contributed by atoms with Gasteiger partial charge in [-0.1, -0.05) is 6.92 Å². The van der Waals surface area contributed by atoms with Crippen LogP contribution in [-0.2, 0) is 23.9 Å². The number of aliphatic hydroxyl groups excluding tert-OH is 2. The second-order valence-electron chi connectivity index (χ2n) is 6.43. The first-order valence-corrected chi connectivity index (χ1v) is 12.2. The average Bonchev–Trinajstić information content (AvgIpc) is 3.16. The van der Waals surface area contributed by atoms with Gasteiger partial charge in [0, 0.05) is 0 Å². The third-order valence-electron chi connectivity index (χ3n) is 4.42. The quantitative estimate of drug-likeness (QED) is 0.224. The molecule has 30 heavy (non-hydrogen) atoms. The van der Waals surface area contributed by atoms with E-state index in [0.29, 0.717) is 0 Å². The van der Waals surface area contributed by atoms with E-state index in [2.05, 4.69) is 15.0 Å². The van der Waals surface area contributed by atoms with E-state index in [4.69, 9.17) is 26.8 Å². The maximum Gasteiger partial charge on any atom is 0.369 e. The van der Waals surface area contributed by atoms with Crippen molar-refractivity contribution in [2.45, 2.75) is 36.6 Å². The molecule has 14 nitrogen and oxygen atoms in total. The van der Waals surface area contributed by atoms with Crippen LogP contribution in [0.4, 0.5) is 5.82 Å². The van der Waals surface area contributed by atoms with Gasteiger partial charge < -0.3 is 35.2 Å². The first-order valence-electron chi connectivity index (χ1n) is 8.42. The van der Waals surface area contributed by atoms with Crippen molar-refractivity contribution in [3.8, 4) is 0 Å². The lowest BCUT2D eigenvalue weighted by molar-refractivity contribution is -0.0648. The Labute approximate surface area is 174 Å². The van der Waals surface area contributed by atoms with Gasteiger partial charge in [0.25, 0.3) is 5.18 Å². The molecule has 3 rings (SSSR count). The van der Waals surface area contributed by atoms with E-state index in [0.717, 1.165) is 0 Å². The number of imidazole rings is 1. The van der Waals surface area contributed by atoms with Crippen LogP contribution in [0.3, 0.4) is 0 Å². The maximum absolute atomic E-state index is 11.9. The average molecular weight is 488 g/mol. The third-order valence-corrected chi connectivity index (χ3v) is 8.63. The van der Waals surface area contributed by atoms with Crippen molar-refractivity contribution in [1.82, 2.24) is 19.5 Å². The van der Waals surface area contributed by atoms with Crippen LogP contribution < -0.4 is 5.73 Å². The fourth-order valence-electron chi connectivity index (χ4n) is 2.92. The van der Waals surface area contributed by atoms with Gasteiger partial charge in [0.15, 0.2) is 27.5 Å². The highest BCUT2D eigenvalue weighted by molar-refractivity contribution is 7.98. The highest BCUT2D eigenvalue weighted by Gasteiger charge is 2.47. The number of hydrogen-bond donors (Lipinski definition) is 5. The summed E-state index contributed by atoms with van der Waals surface area (Å²) >= 11 is 5.79. The molecule has 5 atom stereocenters. The second-order valence-corrected chi connectivity index (χ2v) is 11.1. The highest BCUT2D eigenvalue weighted by atomic mass is 35.5. The molecule has 0 bridgehead atoms. The van der Waals surface area contributed by atoms with Crippen LogP contribution in [-0.4, -0.2) is 83.8 Å². The Hall–Kier alpha value is -1.42. The van der Waals surface area contributed by atoms with Crippen LogP contribution in [0.1, 0.15) is 13.2 Å². The zero-order valence-electron chi connectivity index (χ0n) is 15.3. The van der Waals surface area contributed by atoms with E-state index in [1.54, 1.807) is 0 Å². The SMILES string of the molecule is CCS(=O)(=O)C(OC[C@H]1O[C@@H](n2cnc3c(N)nc(Cl)nc32)[C@H](O)[C@H]1O)P(=O)(O)O. The molecular formula is C13H19ClN5O9PS. The predicted molar refractivity (Wildman–Crippen MR) is 102 cm³/mol. The summed E-state index contributed by atoms with van der Waals surface area (Å²) in [5.41, 5.74) is 5.99. The largest absolute Gasteiger partial charge is 0.387 e. The van der Waals surface area contributed by atoms with Crippen LogP contribution in [0, 0.1) is 0 Å². The van der Waals surface area contributed by atoms with Gasteiger partial charge in [-0.15, -0.1) is 0 Å². The Morgan fingerprint density at radius 3 is 2.63 bits per heavy atom. The third kappa shape index (κ3) is 4.30. The molecular weight excluding hydrogens is 469 g/mol. The number of nitrogens with zero attached hydrogens (tertiary/aromatic N) is 4. The Kier molecular flexibility index (Phi) is 6.40. The molecule has 6 N–H and O–H groups in total. The van der Waals surface area contributed by atoms with Gasteiger partial charge in [0.05, 0.1) is 18.7 Å². The zero-order valence-corrected chi connectivity index (χ0v) is 17.8. The summed E-state index contributed by atoms with van der Waals surface area (Å²) in [6.45, 7) is 0.471. The molecule has 3 heterocycles. The first kappa shape index (κ1) is 23.2. The molecule has 0 radical (unpaired) electrons. The lowest BCUT2D eigenvalue weighted by atomic mass is 10.1. The van der Waals surface area contributed by atoms with Crippen LogP contribution in [0.15, 0.2) is 6.33 Å². The topological polar surface area (TPSA) is 220 Å². The van der Waals surface area contributed by atoms with Crippen LogP contribution in [0.25, 0.3) is 11.2 Å². The van der Waals surface area contributed by atoms with Crippen LogP contribution in [0.5, 0.6) is 0 Å². The van der Waals surface area contributed by atoms with Gasteiger partial charge >= 0.3 is 7.60 Å². The molecule has 0 amide bonds. The van der Waals surface area contributed by atoms with E-state index >= 15 is 0 Å². The molecule has 1 aliphatic heterocycles. The van der Waals surface area contributed by atoms with Crippen molar-refractivity contribution in [1.29, 1.82) is 0 Å². The Balaban J connectivity index is 1.83. The molecule has 0 spiro atoms. The molecule has 1 saturated heterocycles. The summed E-state index contributed by atoms with van der Waals surface area (Å²) in [4.78, 5) is 30.3. The fraction of sp³-hybridized carbons (Fsp3) is 0.615. The van der Waals surface area contributed by atoms with Gasteiger partial charge in [-0.3, -0.25) is 9.13 Å². The summed E-state index contributed by atoms with van der Waals surface area (Å²) in [5, 5.41) is 18.0. The number of aromatic nitrogens is 4. The zero-order chi connectivity index (χ0) is 22.4. The van der Waals surface area contributed by atoms with E-state index in [-0.39, 0.29) is 22.3 Å². The van der Waals surface area contributed by atoms with Gasteiger partial charge in [-0.25, -0.2) is 13.4 Å². The maximum atomic E-state index is 11.9. The second kappa shape index (κ2) is 8.26. The summed E-state index contributed by atoms with van der Waals surface area (Å²) in [7, 11) is -9.46. The van der Waals surface area contributed by atoms with Gasteiger partial charge in [-0.05, 0) is 11.6 Å². The summed E-state index contributed by atoms with van der Waals surface area (Å²) in [6, 6.07) is 0. The number of halogens is 1. The van der Waals surface area contributed by atoms with Crippen molar-refractivity contribution in [2.75, 3.05) is 18.1 Å². The number of rotatable bonds is 7. The monoisotopic (exact) mass is 487 g/mol. The smallest absolute Gasteiger partial charge is 0.369 e. The number of hydrogen-bond acceptors (Lipinski definition) is 11. The summed E-state index contributed by atoms with van der Waals surface area (Å²) in [6.07, 6.45) is -4.47. The van der Waals surface area contributed by atoms with Gasteiger partial charge in [0.2, 0.25) is 5.28 Å². The standard InChI is InChI=1S/C13H19ClN5O9PS/c1-2-30(25,26)13(29(22,23)24)27-3-5-7(20)8(21)11(28-5)19-4-16-6-9(15)17-12(14)18-10(6)19/h4-5,7-8,11,13,20-21H,2-3H2,1H3,(H2,15,17,18)(H2,22,23,24)/t5-,7+,8-,11-,13?/m1/s1. The molecule has 1 fully saturated rings. The highest BCUT2D eigenvalue weighted by Crippen LogP contribution is 2.45. The normalized spacial score (nSPS) is 26.3. The van der Waals surface area contributed by atoms with Crippen LogP contribution >= 0.6 is 19.2 Å². The summed E-state index contributed by atoms with van der Waals surface area (Å²) in [5.74, 6) is -0.601. The molecule has 17 heteroatoms. The fourth-order valence-corrected chi connectivity index (χ4v) is 6.07. The number of fused-ring (bicyclic) bond motifs is 1. The molecule has 0 aromatic carbocycles. The van der Waals surface area contributed by atoms with Gasteiger partial charge in [0.1, 0.15) is 23.8 Å². The molecule has 168 valence electrons. The minimum absolute atomic E-state index is 0.0223. The van der Waals surface area contributed by atoms with Gasteiger partial charge in [-0.2, -0.15) is 9.97 Å². The molecule has 0 saturated carbocycles. The predicted octanol–water partition coefficient (Wildman–Crippen LogP) is -1.41. The van der Waals surface area contributed by atoms with Crippen LogP contribution in [0.2, 0.25) is 5.28 Å². The van der Waals surface area contributed by atoms with Crippen molar-refractivity contribution in [3.05, 3.63) is 11.6 Å². The van der Waals surface area contributed by atoms with E-state index in [1.165, 1.54) is 17.8 Å². The Morgan fingerprint density at radius 2 is 2.03 bits per heavy atom. The summed E-state index contributed by atoms with van der Waals surface area (Å²) < 4.78 is 47.1. The lowest BCUT2D eigenvalue weighted by Gasteiger charge is -2.21. The number of sulfone groups is 1. The van der Waals surface area contributed by atoms with Crippen molar-refractivity contribution < 1.29 is 42.5 Å². The molecule has 2 aromatic rings. The molecule has 2 aromatic heterocycles. The molecule has 1 unspecified atom stereocenters. The number of aliphatic hydroxyl groups is 2. The van der Waals surface area contributed by atoms with E-state index < -0.39 is 59.5 Å². The van der Waals surface area contributed by atoms with E-state index in [1.807, 2.05) is 0 Å². The van der Waals surface area contributed by atoms with E-state index in [9.17, 15) is 33.0 Å². The Morgan fingerprint density at radius 1 is 1.37 bits per heavy atom. The van der Waals surface area contributed by atoms with Crippen molar-refractivity contribution >= 4 is 46.0 Å². The van der Waals surface area contributed by atoms with Crippen molar-refractivity contribution in [2.24, 2.45) is 0 Å². The minimum Gasteiger partial charge on any atom is -0.387 e. The molecule has 0 aliphatic carbocycles. The number of nitrogens with two attached hydrogens (primary N) is 1. The molecule has 1 aliphatic rings. The number of nitrogen functional groups attached to an aromatic ring is 1. The Bertz CT molecular complexity index is 1090. The number of ether oxygens (including phenoxy) is 2. The number of anilines is 1. The van der Waals surface area contributed by atoms with Crippen molar-refractivity contribution in [3.63, 3.8) is 0 Å². The first-order chi connectivity index (χ1) is 13.9.